The van der Waals surface area contributed by atoms with Crippen LogP contribution in [0.2, 0.25) is 0 Å². The number of fused-ring (bicyclic) bond motifs is 5. The summed E-state index contributed by atoms with van der Waals surface area (Å²) in [4.78, 5) is 0. The molecular weight excluding hydrogens is 372 g/mol. The minimum absolute atomic E-state index is 0.666. The molecule has 0 amide bonds. The van der Waals surface area contributed by atoms with Gasteiger partial charge in [-0.25, -0.2) is 0 Å². The second-order valence-electron chi connectivity index (χ2n) is 13.6. The van der Waals surface area contributed by atoms with Crippen molar-refractivity contribution >= 4 is 0 Å². The molecule has 4 saturated carbocycles. The van der Waals surface area contributed by atoms with Gasteiger partial charge in [-0.15, -0.1) is 0 Å². The normalized spacial score (nSPS) is 43.8. The van der Waals surface area contributed by atoms with Gasteiger partial charge in [-0.1, -0.05) is 87.5 Å². The van der Waals surface area contributed by atoms with E-state index >= 15 is 0 Å². The zero-order valence-electron chi connectivity index (χ0n) is 22.8. The molecule has 0 N–H and O–H groups in total. The zero-order chi connectivity index (χ0) is 22.8. The van der Waals surface area contributed by atoms with Crippen LogP contribution in [-0.4, -0.2) is 0 Å². The molecule has 0 bridgehead atoms. The molecule has 4 rings (SSSR count). The van der Waals surface area contributed by atoms with Crippen LogP contribution in [-0.2, 0) is 0 Å². The molecule has 9 atom stereocenters. The number of rotatable bonds is 5. The summed E-state index contributed by atoms with van der Waals surface area (Å²) in [6.07, 6.45) is 19.7. The number of hydrogen-bond donors (Lipinski definition) is 0. The van der Waals surface area contributed by atoms with Gasteiger partial charge in [0.2, 0.25) is 0 Å². The molecule has 4 aliphatic rings. The Morgan fingerprint density at radius 2 is 1.39 bits per heavy atom. The highest BCUT2D eigenvalue weighted by Crippen LogP contribution is 2.68. The van der Waals surface area contributed by atoms with Gasteiger partial charge in [0.25, 0.3) is 0 Å². The van der Waals surface area contributed by atoms with Crippen molar-refractivity contribution in [2.75, 3.05) is 0 Å². The molecule has 0 spiro atoms. The fraction of sp³-hybridized carbons (Fsp3) is 1.00. The Kier molecular flexibility index (Phi) is 8.68. The number of hydrogen-bond acceptors (Lipinski definition) is 0. The quantitative estimate of drug-likeness (QED) is 0.407. The lowest BCUT2D eigenvalue weighted by Gasteiger charge is -2.61. The Bertz CT molecular complexity index is 548. The average Bonchev–Trinajstić information content (AvgIpc) is 3.09. The van der Waals surface area contributed by atoms with Gasteiger partial charge in [-0.2, -0.15) is 0 Å². The molecule has 0 saturated heterocycles. The van der Waals surface area contributed by atoms with Crippen molar-refractivity contribution in [2.24, 2.45) is 58.2 Å². The van der Waals surface area contributed by atoms with E-state index < -0.39 is 0 Å². The fourth-order valence-corrected chi connectivity index (χ4v) is 9.33. The van der Waals surface area contributed by atoms with Gasteiger partial charge in [0.15, 0.2) is 0 Å². The lowest BCUT2D eigenvalue weighted by molar-refractivity contribution is -0.114. The molecule has 0 heterocycles. The van der Waals surface area contributed by atoms with Crippen molar-refractivity contribution in [3.05, 3.63) is 0 Å². The lowest BCUT2D eigenvalue weighted by atomic mass is 9.44. The Hall–Kier alpha value is 0. The summed E-state index contributed by atoms with van der Waals surface area (Å²) in [6, 6.07) is 0. The largest absolute Gasteiger partial charge is 0.0656 e. The summed E-state index contributed by atoms with van der Waals surface area (Å²) < 4.78 is 0. The van der Waals surface area contributed by atoms with E-state index in [1.807, 2.05) is 0 Å². The van der Waals surface area contributed by atoms with Crippen molar-refractivity contribution in [3.63, 3.8) is 0 Å². The van der Waals surface area contributed by atoms with Crippen LogP contribution in [0, 0.1) is 58.2 Å². The van der Waals surface area contributed by atoms with E-state index in [-0.39, 0.29) is 0 Å². The summed E-state index contributed by atoms with van der Waals surface area (Å²) in [5.74, 6) is 7.96. The molecule has 9 unspecified atom stereocenters. The highest BCUT2D eigenvalue weighted by Gasteiger charge is 2.60. The third kappa shape index (κ3) is 4.94. The average molecular weight is 431 g/mol. The van der Waals surface area contributed by atoms with E-state index in [2.05, 4.69) is 55.4 Å². The van der Waals surface area contributed by atoms with Crippen molar-refractivity contribution < 1.29 is 0 Å². The van der Waals surface area contributed by atoms with E-state index in [0.29, 0.717) is 10.8 Å². The first-order valence-electron chi connectivity index (χ1n) is 14.7. The summed E-state index contributed by atoms with van der Waals surface area (Å²) in [7, 11) is 0. The van der Waals surface area contributed by atoms with E-state index in [0.717, 1.165) is 47.3 Å². The fourth-order valence-electron chi connectivity index (χ4n) is 9.33. The summed E-state index contributed by atoms with van der Waals surface area (Å²) in [6.45, 7) is 19.7. The molecule has 4 aliphatic carbocycles. The lowest BCUT2D eigenvalue weighted by Crippen LogP contribution is -2.53. The molecule has 0 aromatic carbocycles. The van der Waals surface area contributed by atoms with Crippen molar-refractivity contribution in [3.8, 4) is 0 Å². The highest BCUT2D eigenvalue weighted by molar-refractivity contribution is 5.09. The summed E-state index contributed by atoms with van der Waals surface area (Å²) in [5, 5.41) is 0. The topological polar surface area (TPSA) is 0 Å². The van der Waals surface area contributed by atoms with Gasteiger partial charge in [-0.3, -0.25) is 0 Å². The Labute approximate surface area is 197 Å². The Balaban J connectivity index is 0.000000858. The second kappa shape index (κ2) is 10.5. The molecule has 0 radical (unpaired) electrons. The standard InChI is InChI=1S/C28H50.C3H8/c1-19(2)20(3)10-11-21(4)24-14-15-25-23-13-12-22-9-7-8-17-27(22,5)26(23)16-18-28(24,25)6;1-3-2/h19-26H,7-18H2,1-6H3;3H2,1-2H3. The SMILES string of the molecule is CC(C)C(C)CCC(C)C1CCC2C3CCC4CCCCC4(C)C3CCC12C.CCC. The van der Waals surface area contributed by atoms with Crippen LogP contribution in [0.3, 0.4) is 0 Å². The van der Waals surface area contributed by atoms with Gasteiger partial charge >= 0.3 is 0 Å². The van der Waals surface area contributed by atoms with Crippen molar-refractivity contribution in [1.82, 2.24) is 0 Å². The first-order chi connectivity index (χ1) is 14.7. The van der Waals surface area contributed by atoms with E-state index in [9.17, 15) is 0 Å². The molecule has 182 valence electrons. The van der Waals surface area contributed by atoms with Crippen LogP contribution < -0.4 is 0 Å². The highest BCUT2D eigenvalue weighted by atomic mass is 14.6. The molecule has 0 aromatic rings. The minimum atomic E-state index is 0.666. The van der Waals surface area contributed by atoms with Crippen LogP contribution in [0.5, 0.6) is 0 Å². The van der Waals surface area contributed by atoms with Gasteiger partial charge in [0.1, 0.15) is 0 Å². The zero-order valence-corrected chi connectivity index (χ0v) is 22.8. The van der Waals surface area contributed by atoms with Gasteiger partial charge in [0.05, 0.1) is 0 Å². The maximum atomic E-state index is 2.75. The van der Waals surface area contributed by atoms with Gasteiger partial charge in [0, 0.05) is 0 Å². The molecular formula is C31H58. The third-order valence-electron chi connectivity index (χ3n) is 11.6. The van der Waals surface area contributed by atoms with E-state index in [1.54, 1.807) is 51.4 Å². The smallest absolute Gasteiger partial charge is 0.0264 e. The van der Waals surface area contributed by atoms with Crippen molar-refractivity contribution in [2.45, 2.75) is 139 Å². The van der Waals surface area contributed by atoms with Crippen LogP contribution in [0.15, 0.2) is 0 Å². The molecule has 0 aromatic heterocycles. The van der Waals surface area contributed by atoms with Gasteiger partial charge in [-0.05, 0) is 110 Å². The predicted octanol–water partition coefficient (Wildman–Crippen LogP) is 10.2. The van der Waals surface area contributed by atoms with E-state index in [1.165, 1.54) is 32.1 Å². The van der Waals surface area contributed by atoms with Gasteiger partial charge < -0.3 is 0 Å². The molecule has 0 heteroatoms. The first-order valence-corrected chi connectivity index (χ1v) is 14.7. The maximum Gasteiger partial charge on any atom is -0.0264 e. The summed E-state index contributed by atoms with van der Waals surface area (Å²) >= 11 is 0. The monoisotopic (exact) mass is 430 g/mol. The van der Waals surface area contributed by atoms with Crippen LogP contribution in [0.1, 0.15) is 139 Å². The first kappa shape index (κ1) is 25.6. The Morgan fingerprint density at radius 3 is 2.06 bits per heavy atom. The van der Waals surface area contributed by atoms with Crippen LogP contribution in [0.4, 0.5) is 0 Å². The molecule has 31 heavy (non-hydrogen) atoms. The maximum absolute atomic E-state index is 2.75. The third-order valence-corrected chi connectivity index (χ3v) is 11.6. The van der Waals surface area contributed by atoms with Crippen LogP contribution >= 0.6 is 0 Å². The van der Waals surface area contributed by atoms with E-state index in [4.69, 9.17) is 0 Å². The molecule has 0 aliphatic heterocycles. The second-order valence-corrected chi connectivity index (χ2v) is 13.6. The Morgan fingerprint density at radius 1 is 0.710 bits per heavy atom. The predicted molar refractivity (Wildman–Crippen MR) is 138 cm³/mol. The van der Waals surface area contributed by atoms with Crippen molar-refractivity contribution in [1.29, 1.82) is 0 Å². The summed E-state index contributed by atoms with van der Waals surface area (Å²) in [5.41, 5.74) is 1.37. The molecule has 4 fully saturated rings. The minimum Gasteiger partial charge on any atom is -0.0656 e. The molecule has 0 nitrogen and oxygen atoms in total. The van der Waals surface area contributed by atoms with Crippen LogP contribution in [0.25, 0.3) is 0 Å².